The Kier molecular flexibility index (Phi) is 4.60. The van der Waals surface area contributed by atoms with E-state index in [4.69, 9.17) is 5.73 Å². The van der Waals surface area contributed by atoms with Crippen LogP contribution in [-0.4, -0.2) is 4.98 Å². The van der Waals surface area contributed by atoms with Gasteiger partial charge in [-0.25, -0.2) is 0 Å². The normalized spacial score (nSPS) is 15.1. The van der Waals surface area contributed by atoms with E-state index in [-0.39, 0.29) is 6.04 Å². The van der Waals surface area contributed by atoms with Gasteiger partial charge < -0.3 is 5.73 Å². The summed E-state index contributed by atoms with van der Waals surface area (Å²) in [5, 5.41) is 0. The number of hydrogen-bond donors (Lipinski definition) is 1. The second-order valence-corrected chi connectivity index (χ2v) is 4.02. The summed E-state index contributed by atoms with van der Waals surface area (Å²) in [6.45, 7) is 4.48. The smallest absolute Gasteiger partial charge is 0.0315 e. The number of rotatable bonds is 5. The van der Waals surface area contributed by atoms with Crippen LogP contribution >= 0.6 is 0 Å². The lowest BCUT2D eigenvalue weighted by molar-refractivity contribution is 0.440. The first-order valence-electron chi connectivity index (χ1n) is 5.39. The van der Waals surface area contributed by atoms with Gasteiger partial charge in [0, 0.05) is 18.4 Å². The van der Waals surface area contributed by atoms with Crippen LogP contribution in [0.2, 0.25) is 0 Å². The van der Waals surface area contributed by atoms with Crippen molar-refractivity contribution < 1.29 is 0 Å². The van der Waals surface area contributed by atoms with Crippen LogP contribution in [0.1, 0.15) is 44.7 Å². The summed E-state index contributed by atoms with van der Waals surface area (Å²) in [7, 11) is 0. The summed E-state index contributed by atoms with van der Waals surface area (Å²) in [6.07, 6.45) is 7.20. The van der Waals surface area contributed by atoms with Crippen molar-refractivity contribution in [1.29, 1.82) is 0 Å². The topological polar surface area (TPSA) is 38.9 Å². The summed E-state index contributed by atoms with van der Waals surface area (Å²) < 4.78 is 0. The highest BCUT2D eigenvalue weighted by molar-refractivity contribution is 5.12. The van der Waals surface area contributed by atoms with Gasteiger partial charge in [0.2, 0.25) is 0 Å². The van der Waals surface area contributed by atoms with Crippen molar-refractivity contribution in [3.05, 3.63) is 30.1 Å². The molecule has 78 valence electrons. The monoisotopic (exact) mass is 192 g/mol. The number of nitrogens with two attached hydrogens (primary N) is 1. The second-order valence-electron chi connectivity index (χ2n) is 4.02. The van der Waals surface area contributed by atoms with Crippen molar-refractivity contribution in [3.63, 3.8) is 0 Å². The average Bonchev–Trinajstić information content (AvgIpc) is 2.19. The highest BCUT2D eigenvalue weighted by Crippen LogP contribution is 2.20. The summed E-state index contributed by atoms with van der Waals surface area (Å²) in [4.78, 5) is 4.08. The Morgan fingerprint density at radius 1 is 1.50 bits per heavy atom. The molecule has 1 rings (SSSR count). The molecule has 0 aliphatic rings. The predicted octanol–water partition coefficient (Wildman–Crippen LogP) is 2.91. The third kappa shape index (κ3) is 3.46. The lowest BCUT2D eigenvalue weighted by Crippen LogP contribution is -2.14. The van der Waals surface area contributed by atoms with Crippen LogP contribution in [0.25, 0.3) is 0 Å². The van der Waals surface area contributed by atoms with Crippen LogP contribution in [0, 0.1) is 5.92 Å². The van der Waals surface area contributed by atoms with Gasteiger partial charge in [-0.2, -0.15) is 0 Å². The molecule has 2 heteroatoms. The van der Waals surface area contributed by atoms with E-state index in [2.05, 4.69) is 24.9 Å². The van der Waals surface area contributed by atoms with E-state index in [1.54, 1.807) is 6.20 Å². The molecular weight excluding hydrogens is 172 g/mol. The highest BCUT2D eigenvalue weighted by atomic mass is 14.7. The Balaban J connectivity index is 2.46. The largest absolute Gasteiger partial charge is 0.324 e. The number of nitrogens with zero attached hydrogens (tertiary/aromatic N) is 1. The van der Waals surface area contributed by atoms with Gasteiger partial charge in [-0.15, -0.1) is 0 Å². The Morgan fingerprint density at radius 3 is 2.86 bits per heavy atom. The fraction of sp³-hybridized carbons (Fsp3) is 0.583. The molecule has 0 fully saturated rings. The Morgan fingerprint density at radius 2 is 2.29 bits per heavy atom. The maximum Gasteiger partial charge on any atom is 0.0315 e. The summed E-state index contributed by atoms with van der Waals surface area (Å²) in [6, 6.07) is 4.14. The van der Waals surface area contributed by atoms with E-state index in [0.29, 0.717) is 5.92 Å². The molecule has 2 nitrogen and oxygen atoms in total. The SMILES string of the molecule is CCCC(C)CC(N)c1cccnc1. The molecule has 0 bridgehead atoms. The molecule has 0 saturated carbocycles. The highest BCUT2D eigenvalue weighted by Gasteiger charge is 2.10. The Hall–Kier alpha value is -0.890. The van der Waals surface area contributed by atoms with E-state index in [9.17, 15) is 0 Å². The quantitative estimate of drug-likeness (QED) is 0.779. The first kappa shape index (κ1) is 11.2. The molecule has 2 atom stereocenters. The molecule has 0 saturated heterocycles. The lowest BCUT2D eigenvalue weighted by Gasteiger charge is -2.16. The molecule has 0 spiro atoms. The number of pyridine rings is 1. The van der Waals surface area contributed by atoms with E-state index in [1.165, 1.54) is 12.8 Å². The Labute approximate surface area is 86.5 Å². The maximum atomic E-state index is 6.09. The van der Waals surface area contributed by atoms with Gasteiger partial charge in [0.05, 0.1) is 0 Å². The van der Waals surface area contributed by atoms with E-state index in [0.717, 1.165) is 12.0 Å². The molecular formula is C12H20N2. The van der Waals surface area contributed by atoms with Crippen LogP contribution in [0.15, 0.2) is 24.5 Å². The van der Waals surface area contributed by atoms with Crippen molar-refractivity contribution in [2.45, 2.75) is 39.2 Å². The molecule has 14 heavy (non-hydrogen) atoms. The van der Waals surface area contributed by atoms with Crippen molar-refractivity contribution in [2.75, 3.05) is 0 Å². The van der Waals surface area contributed by atoms with Gasteiger partial charge in [0.15, 0.2) is 0 Å². The maximum absolute atomic E-state index is 6.09. The van der Waals surface area contributed by atoms with Crippen molar-refractivity contribution in [3.8, 4) is 0 Å². The number of hydrogen-bond acceptors (Lipinski definition) is 2. The van der Waals surface area contributed by atoms with Crippen molar-refractivity contribution in [1.82, 2.24) is 4.98 Å². The fourth-order valence-electron chi connectivity index (χ4n) is 1.78. The standard InChI is InChI=1S/C12H20N2/c1-3-5-10(2)8-12(13)11-6-4-7-14-9-11/h4,6-7,9-10,12H,3,5,8,13H2,1-2H3. The lowest BCUT2D eigenvalue weighted by atomic mass is 9.94. The minimum atomic E-state index is 0.144. The predicted molar refractivity (Wildman–Crippen MR) is 59.9 cm³/mol. The third-order valence-electron chi connectivity index (χ3n) is 2.55. The van der Waals surface area contributed by atoms with Gasteiger partial charge in [-0.05, 0) is 24.0 Å². The van der Waals surface area contributed by atoms with Gasteiger partial charge in [-0.1, -0.05) is 32.8 Å². The average molecular weight is 192 g/mol. The second kappa shape index (κ2) is 5.76. The summed E-state index contributed by atoms with van der Waals surface area (Å²) in [5.74, 6) is 0.704. The molecule has 2 N–H and O–H groups in total. The molecule has 0 aliphatic carbocycles. The van der Waals surface area contributed by atoms with E-state index in [1.807, 2.05) is 12.3 Å². The van der Waals surface area contributed by atoms with Crippen LogP contribution in [0.4, 0.5) is 0 Å². The zero-order chi connectivity index (χ0) is 10.4. The fourth-order valence-corrected chi connectivity index (χ4v) is 1.78. The van der Waals surface area contributed by atoms with Gasteiger partial charge in [0.1, 0.15) is 0 Å². The van der Waals surface area contributed by atoms with Gasteiger partial charge >= 0.3 is 0 Å². The van der Waals surface area contributed by atoms with Crippen LogP contribution in [0.3, 0.4) is 0 Å². The van der Waals surface area contributed by atoms with Crippen LogP contribution in [0.5, 0.6) is 0 Å². The summed E-state index contributed by atoms with van der Waals surface area (Å²) >= 11 is 0. The molecule has 0 radical (unpaired) electrons. The van der Waals surface area contributed by atoms with Gasteiger partial charge in [0.25, 0.3) is 0 Å². The van der Waals surface area contributed by atoms with Crippen molar-refractivity contribution >= 4 is 0 Å². The van der Waals surface area contributed by atoms with Crippen LogP contribution < -0.4 is 5.73 Å². The first-order chi connectivity index (χ1) is 6.74. The van der Waals surface area contributed by atoms with E-state index >= 15 is 0 Å². The molecule has 0 aliphatic heterocycles. The van der Waals surface area contributed by atoms with Crippen LogP contribution in [-0.2, 0) is 0 Å². The van der Waals surface area contributed by atoms with Crippen molar-refractivity contribution in [2.24, 2.45) is 11.7 Å². The third-order valence-corrected chi connectivity index (χ3v) is 2.55. The van der Waals surface area contributed by atoms with E-state index < -0.39 is 0 Å². The zero-order valence-electron chi connectivity index (χ0n) is 9.11. The molecule has 1 aromatic heterocycles. The molecule has 2 unspecified atom stereocenters. The summed E-state index contributed by atoms with van der Waals surface area (Å²) in [5.41, 5.74) is 7.23. The zero-order valence-corrected chi connectivity index (χ0v) is 9.11. The molecule has 0 amide bonds. The molecule has 1 aromatic rings. The molecule has 1 heterocycles. The minimum absolute atomic E-state index is 0.144. The first-order valence-corrected chi connectivity index (χ1v) is 5.39. The number of aromatic nitrogens is 1. The van der Waals surface area contributed by atoms with Gasteiger partial charge in [-0.3, -0.25) is 4.98 Å². The minimum Gasteiger partial charge on any atom is -0.324 e. The molecule has 0 aromatic carbocycles. The Bertz CT molecular complexity index is 246.